The number of rotatable bonds is 8. The number of carbonyl (C=O) groups is 2. The van der Waals surface area contributed by atoms with Crippen molar-refractivity contribution in [3.05, 3.63) is 101 Å². The minimum Gasteiger partial charge on any atom is -0.481 e. The first-order valence-corrected chi connectivity index (χ1v) is 12.5. The molecule has 1 aliphatic rings. The lowest BCUT2D eigenvalue weighted by atomic mass is 9.87. The number of carbonyl (C=O) groups excluding carboxylic acids is 2. The van der Waals surface area contributed by atoms with Gasteiger partial charge in [-0.3, -0.25) is 9.59 Å². The van der Waals surface area contributed by atoms with Crippen molar-refractivity contribution in [3.63, 3.8) is 0 Å². The lowest BCUT2D eigenvalue weighted by Crippen LogP contribution is -2.42. The molecule has 6 heteroatoms. The number of ether oxygens (including phenoxy) is 1. The highest BCUT2D eigenvalue weighted by atomic mass is 19.1. The molecule has 3 aromatic rings. The van der Waals surface area contributed by atoms with E-state index in [4.69, 9.17) is 4.74 Å². The summed E-state index contributed by atoms with van der Waals surface area (Å²) in [5.74, 6) is 0.00138. The summed E-state index contributed by atoms with van der Waals surface area (Å²) in [6, 6.07) is 21.9. The fourth-order valence-corrected chi connectivity index (χ4v) is 4.67. The zero-order chi connectivity index (χ0) is 25.7. The molecule has 0 aromatic heterocycles. The summed E-state index contributed by atoms with van der Waals surface area (Å²) in [5.41, 5.74) is 3.93. The molecule has 3 aromatic carbocycles. The highest BCUT2D eigenvalue weighted by Crippen LogP contribution is 2.38. The topological polar surface area (TPSA) is 58.6 Å². The van der Waals surface area contributed by atoms with Crippen LogP contribution in [0.15, 0.2) is 72.8 Å². The van der Waals surface area contributed by atoms with Crippen LogP contribution in [0.5, 0.6) is 5.75 Å². The Morgan fingerprint density at radius 3 is 2.53 bits per heavy atom. The Bertz CT molecular complexity index is 1210. The summed E-state index contributed by atoms with van der Waals surface area (Å²) in [6.45, 7) is 6.62. The van der Waals surface area contributed by atoms with Crippen molar-refractivity contribution in [2.24, 2.45) is 5.92 Å². The minimum atomic E-state index is -0.691. The molecular formula is C30H33FN2O3. The largest absolute Gasteiger partial charge is 0.481 e. The summed E-state index contributed by atoms with van der Waals surface area (Å²) in [4.78, 5) is 27.9. The Morgan fingerprint density at radius 1 is 1.06 bits per heavy atom. The van der Waals surface area contributed by atoms with Crippen LogP contribution >= 0.6 is 0 Å². The highest BCUT2D eigenvalue weighted by molar-refractivity contribution is 5.81. The zero-order valence-electron chi connectivity index (χ0n) is 21.0. The molecule has 0 saturated heterocycles. The van der Waals surface area contributed by atoms with Gasteiger partial charge < -0.3 is 15.0 Å². The standard InChI is InChI=1S/C30H33FN2O3/c1-4-27(29(34)32-19-21-9-8-12-24(31)17-21)36-25-14-13-22-15-16-33(30(35)20(2)3)28(26(22)18-25)23-10-6-5-7-11-23/h5-14,17-18,20,27-28H,4,15-16,19H2,1-3H3,(H,32,34). The molecule has 2 amide bonds. The maximum atomic E-state index is 13.5. The number of benzene rings is 3. The minimum absolute atomic E-state index is 0.108. The van der Waals surface area contributed by atoms with Crippen LogP contribution in [0.25, 0.3) is 0 Å². The van der Waals surface area contributed by atoms with Crippen molar-refractivity contribution in [2.45, 2.75) is 52.3 Å². The van der Waals surface area contributed by atoms with Gasteiger partial charge in [0.15, 0.2) is 6.10 Å². The van der Waals surface area contributed by atoms with E-state index in [0.29, 0.717) is 24.3 Å². The van der Waals surface area contributed by atoms with Crippen molar-refractivity contribution in [1.82, 2.24) is 10.2 Å². The maximum Gasteiger partial charge on any atom is 0.261 e. The molecule has 0 radical (unpaired) electrons. The second-order valence-electron chi connectivity index (χ2n) is 9.47. The Kier molecular flexibility index (Phi) is 8.04. The molecule has 36 heavy (non-hydrogen) atoms. The number of fused-ring (bicyclic) bond motifs is 1. The Hall–Kier alpha value is -3.67. The van der Waals surface area contributed by atoms with Gasteiger partial charge in [0.2, 0.25) is 5.91 Å². The lowest BCUT2D eigenvalue weighted by molar-refractivity contribution is -0.136. The van der Waals surface area contributed by atoms with Crippen LogP contribution in [0.4, 0.5) is 4.39 Å². The number of amides is 2. The van der Waals surface area contributed by atoms with E-state index in [2.05, 4.69) is 5.32 Å². The van der Waals surface area contributed by atoms with E-state index in [1.54, 1.807) is 12.1 Å². The van der Waals surface area contributed by atoms with Gasteiger partial charge in [0.1, 0.15) is 11.6 Å². The van der Waals surface area contributed by atoms with Crippen molar-refractivity contribution in [3.8, 4) is 5.75 Å². The molecule has 0 saturated carbocycles. The van der Waals surface area contributed by atoms with Gasteiger partial charge in [-0.25, -0.2) is 4.39 Å². The molecule has 2 atom stereocenters. The second-order valence-corrected chi connectivity index (χ2v) is 9.47. The van der Waals surface area contributed by atoms with Crippen molar-refractivity contribution < 1.29 is 18.7 Å². The first-order valence-electron chi connectivity index (χ1n) is 12.5. The van der Waals surface area contributed by atoms with E-state index < -0.39 is 6.10 Å². The van der Waals surface area contributed by atoms with E-state index in [0.717, 1.165) is 17.5 Å². The SMILES string of the molecule is CCC(Oc1ccc2c(c1)C(c1ccccc1)N(C(=O)C(C)C)CC2)C(=O)NCc1cccc(F)c1. The van der Waals surface area contributed by atoms with Crippen molar-refractivity contribution >= 4 is 11.8 Å². The van der Waals surface area contributed by atoms with E-state index in [1.807, 2.05) is 74.2 Å². The molecule has 0 aliphatic carbocycles. The second kappa shape index (κ2) is 11.4. The molecule has 188 valence electrons. The maximum absolute atomic E-state index is 13.5. The normalized spacial score (nSPS) is 15.8. The molecular weight excluding hydrogens is 455 g/mol. The zero-order valence-corrected chi connectivity index (χ0v) is 21.0. The fourth-order valence-electron chi connectivity index (χ4n) is 4.67. The molecule has 2 unspecified atom stereocenters. The third-order valence-electron chi connectivity index (χ3n) is 6.54. The Balaban J connectivity index is 1.56. The predicted molar refractivity (Wildman–Crippen MR) is 138 cm³/mol. The van der Waals surface area contributed by atoms with Crippen LogP contribution in [0.3, 0.4) is 0 Å². The van der Waals surface area contributed by atoms with Crippen LogP contribution in [-0.4, -0.2) is 29.4 Å². The molecule has 0 fully saturated rings. The van der Waals surface area contributed by atoms with Gasteiger partial charge in [0, 0.05) is 19.0 Å². The first-order chi connectivity index (χ1) is 17.4. The van der Waals surface area contributed by atoms with Gasteiger partial charge in [-0.05, 0) is 59.4 Å². The number of hydrogen-bond acceptors (Lipinski definition) is 3. The quantitative estimate of drug-likeness (QED) is 0.460. The van der Waals surface area contributed by atoms with E-state index >= 15 is 0 Å². The van der Waals surface area contributed by atoms with Gasteiger partial charge in [-0.15, -0.1) is 0 Å². The smallest absolute Gasteiger partial charge is 0.261 e. The van der Waals surface area contributed by atoms with E-state index in [-0.39, 0.29) is 36.1 Å². The predicted octanol–water partition coefficient (Wildman–Crippen LogP) is 5.43. The molecule has 5 nitrogen and oxygen atoms in total. The fraction of sp³-hybridized carbons (Fsp3) is 0.333. The van der Waals surface area contributed by atoms with Crippen LogP contribution in [0.1, 0.15) is 55.5 Å². The Labute approximate surface area is 212 Å². The summed E-state index contributed by atoms with van der Waals surface area (Å²) < 4.78 is 19.6. The van der Waals surface area contributed by atoms with E-state index in [1.165, 1.54) is 17.7 Å². The molecule has 1 aliphatic heterocycles. The first kappa shape index (κ1) is 25.4. The van der Waals surface area contributed by atoms with E-state index in [9.17, 15) is 14.0 Å². The third-order valence-corrected chi connectivity index (χ3v) is 6.54. The highest BCUT2D eigenvalue weighted by Gasteiger charge is 2.33. The number of nitrogens with zero attached hydrogens (tertiary/aromatic N) is 1. The van der Waals surface area contributed by atoms with Gasteiger partial charge in [-0.1, -0.05) is 69.3 Å². The average molecular weight is 489 g/mol. The summed E-state index contributed by atoms with van der Waals surface area (Å²) in [7, 11) is 0. The lowest BCUT2D eigenvalue weighted by Gasteiger charge is -2.39. The third kappa shape index (κ3) is 5.76. The molecule has 1 heterocycles. The number of halogens is 1. The van der Waals surface area contributed by atoms with Gasteiger partial charge in [0.05, 0.1) is 6.04 Å². The van der Waals surface area contributed by atoms with Crippen molar-refractivity contribution in [2.75, 3.05) is 6.54 Å². The summed E-state index contributed by atoms with van der Waals surface area (Å²) in [5, 5.41) is 2.85. The van der Waals surface area contributed by atoms with Gasteiger partial charge in [-0.2, -0.15) is 0 Å². The molecule has 0 spiro atoms. The molecule has 1 N–H and O–H groups in total. The summed E-state index contributed by atoms with van der Waals surface area (Å²) in [6.07, 6.45) is 0.554. The monoisotopic (exact) mass is 488 g/mol. The summed E-state index contributed by atoms with van der Waals surface area (Å²) >= 11 is 0. The van der Waals surface area contributed by atoms with Gasteiger partial charge >= 0.3 is 0 Å². The Morgan fingerprint density at radius 2 is 1.83 bits per heavy atom. The van der Waals surface area contributed by atoms with Crippen LogP contribution in [0, 0.1) is 11.7 Å². The van der Waals surface area contributed by atoms with Crippen LogP contribution in [-0.2, 0) is 22.6 Å². The number of nitrogens with one attached hydrogen (secondary N) is 1. The number of hydrogen-bond donors (Lipinski definition) is 1. The average Bonchev–Trinajstić information content (AvgIpc) is 2.89. The molecule has 0 bridgehead atoms. The van der Waals surface area contributed by atoms with Crippen LogP contribution in [0.2, 0.25) is 0 Å². The van der Waals surface area contributed by atoms with Crippen LogP contribution < -0.4 is 10.1 Å². The van der Waals surface area contributed by atoms with Crippen molar-refractivity contribution in [1.29, 1.82) is 0 Å². The molecule has 4 rings (SSSR count). The van der Waals surface area contributed by atoms with Gasteiger partial charge in [0.25, 0.3) is 5.91 Å².